The van der Waals surface area contributed by atoms with Crippen LogP contribution in [0.1, 0.15) is 30.9 Å². The first-order valence-electron chi connectivity index (χ1n) is 5.70. The monoisotopic (exact) mass is 207 g/mol. The SMILES string of the molecule is CCOc1ccc(CCCCN)cc1C. The molecular formula is C13H21NO. The van der Waals surface area contributed by atoms with E-state index in [0.29, 0.717) is 0 Å². The lowest BCUT2D eigenvalue weighted by Crippen LogP contribution is -1.99. The smallest absolute Gasteiger partial charge is 0.122 e. The number of benzene rings is 1. The molecule has 0 amide bonds. The van der Waals surface area contributed by atoms with Gasteiger partial charge in [0.1, 0.15) is 5.75 Å². The molecule has 15 heavy (non-hydrogen) atoms. The van der Waals surface area contributed by atoms with Crippen LogP contribution in [0.25, 0.3) is 0 Å². The highest BCUT2D eigenvalue weighted by molar-refractivity contribution is 5.36. The van der Waals surface area contributed by atoms with Gasteiger partial charge in [0, 0.05) is 0 Å². The largest absolute Gasteiger partial charge is 0.494 e. The van der Waals surface area contributed by atoms with E-state index < -0.39 is 0 Å². The van der Waals surface area contributed by atoms with Crippen LogP contribution in [-0.4, -0.2) is 13.2 Å². The first-order valence-corrected chi connectivity index (χ1v) is 5.70. The first-order chi connectivity index (χ1) is 7.27. The van der Waals surface area contributed by atoms with Gasteiger partial charge in [0.15, 0.2) is 0 Å². The van der Waals surface area contributed by atoms with Gasteiger partial charge in [-0.25, -0.2) is 0 Å². The molecule has 0 bridgehead atoms. The molecule has 0 unspecified atom stereocenters. The van der Waals surface area contributed by atoms with Gasteiger partial charge in [-0.2, -0.15) is 0 Å². The number of unbranched alkanes of at least 4 members (excludes halogenated alkanes) is 1. The Hall–Kier alpha value is -1.02. The third-order valence-electron chi connectivity index (χ3n) is 2.46. The lowest BCUT2D eigenvalue weighted by atomic mass is 10.1. The van der Waals surface area contributed by atoms with Gasteiger partial charge in [0.05, 0.1) is 6.61 Å². The van der Waals surface area contributed by atoms with Gasteiger partial charge in [-0.3, -0.25) is 0 Å². The minimum absolute atomic E-state index is 0.730. The van der Waals surface area contributed by atoms with Crippen molar-refractivity contribution in [2.24, 2.45) is 5.73 Å². The summed E-state index contributed by atoms with van der Waals surface area (Å²) in [7, 11) is 0. The van der Waals surface area contributed by atoms with E-state index in [9.17, 15) is 0 Å². The number of rotatable bonds is 6. The third-order valence-corrected chi connectivity index (χ3v) is 2.46. The normalized spacial score (nSPS) is 10.3. The maximum absolute atomic E-state index is 5.50. The average Bonchev–Trinajstić information content (AvgIpc) is 2.23. The summed E-state index contributed by atoms with van der Waals surface area (Å²) in [4.78, 5) is 0. The summed E-state index contributed by atoms with van der Waals surface area (Å²) in [6.07, 6.45) is 3.39. The topological polar surface area (TPSA) is 35.2 Å². The van der Waals surface area contributed by atoms with Gasteiger partial charge >= 0.3 is 0 Å². The molecule has 2 N–H and O–H groups in total. The molecule has 0 fully saturated rings. The lowest BCUT2D eigenvalue weighted by Gasteiger charge is -2.08. The molecule has 1 aromatic carbocycles. The predicted octanol–water partition coefficient (Wildman–Crippen LogP) is 2.68. The van der Waals surface area contributed by atoms with Crippen LogP contribution in [0.2, 0.25) is 0 Å². The molecule has 0 atom stereocenters. The number of ether oxygens (including phenoxy) is 1. The van der Waals surface area contributed by atoms with Crippen LogP contribution >= 0.6 is 0 Å². The van der Waals surface area contributed by atoms with Crippen molar-refractivity contribution in [3.63, 3.8) is 0 Å². The number of hydrogen-bond acceptors (Lipinski definition) is 2. The van der Waals surface area contributed by atoms with Gasteiger partial charge in [-0.1, -0.05) is 12.1 Å². The van der Waals surface area contributed by atoms with Gasteiger partial charge in [0.2, 0.25) is 0 Å². The fraction of sp³-hybridized carbons (Fsp3) is 0.538. The quantitative estimate of drug-likeness (QED) is 0.728. The fourth-order valence-electron chi connectivity index (χ4n) is 1.66. The maximum atomic E-state index is 5.50. The molecule has 0 aliphatic carbocycles. The second-order valence-electron chi connectivity index (χ2n) is 3.78. The molecule has 0 aromatic heterocycles. The molecule has 2 nitrogen and oxygen atoms in total. The van der Waals surface area contributed by atoms with E-state index >= 15 is 0 Å². The van der Waals surface area contributed by atoms with Crippen LogP contribution in [0, 0.1) is 6.92 Å². The van der Waals surface area contributed by atoms with E-state index in [1.807, 2.05) is 6.92 Å². The highest BCUT2D eigenvalue weighted by Crippen LogP contribution is 2.19. The van der Waals surface area contributed by atoms with E-state index in [0.717, 1.165) is 31.7 Å². The van der Waals surface area contributed by atoms with Crippen molar-refractivity contribution in [1.82, 2.24) is 0 Å². The molecular weight excluding hydrogens is 186 g/mol. The van der Waals surface area contributed by atoms with Crippen molar-refractivity contribution in [2.45, 2.75) is 33.1 Å². The highest BCUT2D eigenvalue weighted by atomic mass is 16.5. The molecule has 2 heteroatoms. The van der Waals surface area contributed by atoms with Crippen LogP contribution in [0.4, 0.5) is 0 Å². The second-order valence-corrected chi connectivity index (χ2v) is 3.78. The van der Waals surface area contributed by atoms with Crippen molar-refractivity contribution in [1.29, 1.82) is 0 Å². The summed E-state index contributed by atoms with van der Waals surface area (Å²) in [6, 6.07) is 6.42. The van der Waals surface area contributed by atoms with Crippen molar-refractivity contribution < 1.29 is 4.74 Å². The molecule has 0 aliphatic heterocycles. The maximum Gasteiger partial charge on any atom is 0.122 e. The Kier molecular flexibility index (Phi) is 5.19. The molecule has 0 saturated carbocycles. The molecule has 84 valence electrons. The minimum atomic E-state index is 0.730. The van der Waals surface area contributed by atoms with E-state index in [-0.39, 0.29) is 0 Å². The Bertz CT molecular complexity index is 297. The van der Waals surface area contributed by atoms with Crippen molar-refractivity contribution >= 4 is 0 Å². The molecule has 1 aromatic rings. The summed E-state index contributed by atoms with van der Waals surface area (Å²) < 4.78 is 5.50. The van der Waals surface area contributed by atoms with E-state index in [1.54, 1.807) is 0 Å². The van der Waals surface area contributed by atoms with Crippen molar-refractivity contribution in [3.8, 4) is 5.75 Å². The van der Waals surface area contributed by atoms with Gasteiger partial charge < -0.3 is 10.5 Å². The van der Waals surface area contributed by atoms with E-state index in [4.69, 9.17) is 10.5 Å². The van der Waals surface area contributed by atoms with Crippen LogP contribution < -0.4 is 10.5 Å². The third kappa shape index (κ3) is 3.92. The number of aryl methyl sites for hydroxylation is 2. The van der Waals surface area contributed by atoms with Crippen molar-refractivity contribution in [2.75, 3.05) is 13.2 Å². The van der Waals surface area contributed by atoms with Gasteiger partial charge in [0.25, 0.3) is 0 Å². The summed E-state index contributed by atoms with van der Waals surface area (Å²) >= 11 is 0. The van der Waals surface area contributed by atoms with E-state index in [1.165, 1.54) is 17.5 Å². The Morgan fingerprint density at radius 2 is 2.07 bits per heavy atom. The van der Waals surface area contributed by atoms with Crippen LogP contribution in [0.5, 0.6) is 5.75 Å². The van der Waals surface area contributed by atoms with Crippen molar-refractivity contribution in [3.05, 3.63) is 29.3 Å². The zero-order valence-corrected chi connectivity index (χ0v) is 9.75. The summed E-state index contributed by atoms with van der Waals surface area (Å²) in [5, 5.41) is 0. The van der Waals surface area contributed by atoms with Gasteiger partial charge in [-0.15, -0.1) is 0 Å². The van der Waals surface area contributed by atoms with Crippen LogP contribution in [-0.2, 0) is 6.42 Å². The Morgan fingerprint density at radius 1 is 1.27 bits per heavy atom. The predicted molar refractivity (Wildman–Crippen MR) is 64.3 cm³/mol. The zero-order chi connectivity index (χ0) is 11.1. The van der Waals surface area contributed by atoms with Gasteiger partial charge in [-0.05, 0) is 56.8 Å². The highest BCUT2D eigenvalue weighted by Gasteiger charge is 2.00. The Balaban J connectivity index is 2.56. The first kappa shape index (κ1) is 12.1. The lowest BCUT2D eigenvalue weighted by molar-refractivity contribution is 0.338. The minimum Gasteiger partial charge on any atom is -0.494 e. The molecule has 0 spiro atoms. The standard InChI is InChI=1S/C13H21NO/c1-3-15-13-8-7-12(10-11(13)2)6-4-5-9-14/h7-8,10H,3-6,9,14H2,1-2H3. The summed E-state index contributed by atoms with van der Waals surface area (Å²) in [5.74, 6) is 1.00. The van der Waals surface area contributed by atoms with Crippen LogP contribution in [0.3, 0.4) is 0 Å². The van der Waals surface area contributed by atoms with E-state index in [2.05, 4.69) is 25.1 Å². The summed E-state index contributed by atoms with van der Waals surface area (Å²) in [5.41, 5.74) is 8.07. The number of nitrogens with two attached hydrogens (primary N) is 1. The molecule has 0 aliphatic rings. The van der Waals surface area contributed by atoms with Crippen LogP contribution in [0.15, 0.2) is 18.2 Å². The molecule has 1 rings (SSSR count). The molecule has 0 radical (unpaired) electrons. The average molecular weight is 207 g/mol. The number of hydrogen-bond donors (Lipinski definition) is 1. The molecule has 0 heterocycles. The Labute approximate surface area is 92.4 Å². The summed E-state index contributed by atoms with van der Waals surface area (Å²) in [6.45, 7) is 5.62. The fourth-order valence-corrected chi connectivity index (χ4v) is 1.66. The second kappa shape index (κ2) is 6.46. The molecule has 0 saturated heterocycles. The Morgan fingerprint density at radius 3 is 2.67 bits per heavy atom. The zero-order valence-electron chi connectivity index (χ0n) is 9.75.